The highest BCUT2D eigenvalue weighted by molar-refractivity contribution is 6.35. The van der Waals surface area contributed by atoms with Gasteiger partial charge in [0.15, 0.2) is 0 Å². The van der Waals surface area contributed by atoms with Crippen molar-refractivity contribution >= 4 is 45.7 Å². The van der Waals surface area contributed by atoms with Crippen LogP contribution in [0.2, 0.25) is 10.0 Å². The molecule has 3 rings (SSSR count). The van der Waals surface area contributed by atoms with Crippen molar-refractivity contribution < 1.29 is 4.79 Å². The first-order valence-electron chi connectivity index (χ1n) is 6.81. The third kappa shape index (κ3) is 2.70. The maximum absolute atomic E-state index is 12.4. The molecule has 0 fully saturated rings. The fourth-order valence-electron chi connectivity index (χ4n) is 2.50. The van der Waals surface area contributed by atoms with Crippen molar-refractivity contribution in [1.29, 1.82) is 0 Å². The molecule has 0 aliphatic carbocycles. The van der Waals surface area contributed by atoms with E-state index in [1.807, 2.05) is 38.1 Å². The third-order valence-corrected chi connectivity index (χ3v) is 4.13. The van der Waals surface area contributed by atoms with Gasteiger partial charge in [0.05, 0.1) is 21.2 Å². The SMILES string of the molecule is Cc1cc(C)c(NC(=O)c2cc3cccc(Cl)c3[nH]2)c(Cl)c1. The van der Waals surface area contributed by atoms with Crippen molar-refractivity contribution in [3.05, 3.63) is 63.3 Å². The predicted octanol–water partition coefficient (Wildman–Crippen LogP) is 5.34. The van der Waals surface area contributed by atoms with Gasteiger partial charge < -0.3 is 10.3 Å². The lowest BCUT2D eigenvalue weighted by atomic mass is 10.1. The van der Waals surface area contributed by atoms with E-state index in [1.54, 1.807) is 12.1 Å². The van der Waals surface area contributed by atoms with Gasteiger partial charge in [0.2, 0.25) is 0 Å². The molecular weight excluding hydrogens is 319 g/mol. The standard InChI is InChI=1S/C17H14Cl2N2O/c1-9-6-10(2)15(13(19)7-9)21-17(22)14-8-11-4-3-5-12(18)16(11)20-14/h3-8,20H,1-2H3,(H,21,22). The van der Waals surface area contributed by atoms with Crippen LogP contribution in [0.4, 0.5) is 5.69 Å². The predicted molar refractivity (Wildman–Crippen MR) is 92.2 cm³/mol. The molecule has 0 atom stereocenters. The highest BCUT2D eigenvalue weighted by Gasteiger charge is 2.14. The number of aryl methyl sites for hydroxylation is 2. The van der Waals surface area contributed by atoms with Crippen LogP contribution in [0.25, 0.3) is 10.9 Å². The summed E-state index contributed by atoms with van der Waals surface area (Å²) in [5.41, 5.74) is 3.80. The lowest BCUT2D eigenvalue weighted by Crippen LogP contribution is -2.13. The molecule has 2 N–H and O–H groups in total. The van der Waals surface area contributed by atoms with Crippen molar-refractivity contribution in [1.82, 2.24) is 4.98 Å². The van der Waals surface area contributed by atoms with Crippen molar-refractivity contribution in [2.24, 2.45) is 0 Å². The first-order chi connectivity index (χ1) is 10.5. The second-order valence-electron chi connectivity index (χ2n) is 5.28. The Labute approximate surface area is 138 Å². The van der Waals surface area contributed by atoms with Gasteiger partial charge in [0, 0.05) is 5.39 Å². The average Bonchev–Trinajstić information content (AvgIpc) is 2.88. The fourth-order valence-corrected chi connectivity index (χ4v) is 3.09. The van der Waals surface area contributed by atoms with E-state index in [0.29, 0.717) is 21.4 Å². The zero-order chi connectivity index (χ0) is 15.9. The maximum Gasteiger partial charge on any atom is 0.272 e. The number of rotatable bonds is 2. The molecule has 3 aromatic rings. The zero-order valence-electron chi connectivity index (χ0n) is 12.1. The summed E-state index contributed by atoms with van der Waals surface area (Å²) < 4.78 is 0. The summed E-state index contributed by atoms with van der Waals surface area (Å²) in [5.74, 6) is -0.249. The number of carbonyl (C=O) groups excluding carboxylic acids is 1. The van der Waals surface area contributed by atoms with Crippen LogP contribution in [0.5, 0.6) is 0 Å². The summed E-state index contributed by atoms with van der Waals surface area (Å²) in [7, 11) is 0. The molecule has 1 amide bonds. The van der Waals surface area contributed by atoms with Crippen molar-refractivity contribution in [3.63, 3.8) is 0 Å². The van der Waals surface area contributed by atoms with Crippen LogP contribution in [0.3, 0.4) is 0 Å². The van der Waals surface area contributed by atoms with Gasteiger partial charge in [0.1, 0.15) is 5.69 Å². The molecule has 1 aromatic heterocycles. The van der Waals surface area contributed by atoms with Gasteiger partial charge in [-0.15, -0.1) is 0 Å². The largest absolute Gasteiger partial charge is 0.349 e. The van der Waals surface area contributed by atoms with E-state index in [2.05, 4.69) is 10.3 Å². The van der Waals surface area contributed by atoms with E-state index in [1.165, 1.54) is 0 Å². The lowest BCUT2D eigenvalue weighted by molar-refractivity contribution is 0.102. The average molecular weight is 333 g/mol. The van der Waals surface area contributed by atoms with Crippen molar-refractivity contribution in [2.75, 3.05) is 5.32 Å². The molecule has 0 saturated carbocycles. The Bertz CT molecular complexity index is 860. The second kappa shape index (κ2) is 5.67. The highest BCUT2D eigenvalue weighted by Crippen LogP contribution is 2.28. The third-order valence-electron chi connectivity index (χ3n) is 3.52. The Morgan fingerprint density at radius 3 is 2.55 bits per heavy atom. The normalized spacial score (nSPS) is 10.9. The van der Waals surface area contributed by atoms with E-state index < -0.39 is 0 Å². The Kier molecular flexibility index (Phi) is 3.85. The minimum atomic E-state index is -0.249. The lowest BCUT2D eigenvalue weighted by Gasteiger charge is -2.10. The molecule has 0 spiro atoms. The minimum absolute atomic E-state index is 0.249. The van der Waals surface area contributed by atoms with Gasteiger partial charge in [-0.05, 0) is 43.2 Å². The first-order valence-corrected chi connectivity index (χ1v) is 7.56. The summed E-state index contributed by atoms with van der Waals surface area (Å²) in [6.45, 7) is 3.88. The summed E-state index contributed by atoms with van der Waals surface area (Å²) in [4.78, 5) is 15.5. The molecule has 0 bridgehead atoms. The number of halogens is 2. The van der Waals surface area contributed by atoms with Gasteiger partial charge in [-0.2, -0.15) is 0 Å². The Morgan fingerprint density at radius 2 is 1.86 bits per heavy atom. The van der Waals surface area contributed by atoms with Gasteiger partial charge in [-0.25, -0.2) is 0 Å². The van der Waals surface area contributed by atoms with Crippen LogP contribution in [0.15, 0.2) is 36.4 Å². The van der Waals surface area contributed by atoms with Crippen LogP contribution >= 0.6 is 23.2 Å². The molecule has 0 aliphatic heterocycles. The van der Waals surface area contributed by atoms with Gasteiger partial charge in [-0.1, -0.05) is 41.4 Å². The summed E-state index contributed by atoms with van der Waals surface area (Å²) in [6, 6.07) is 11.1. The van der Waals surface area contributed by atoms with E-state index in [9.17, 15) is 4.79 Å². The maximum atomic E-state index is 12.4. The van der Waals surface area contributed by atoms with E-state index in [0.717, 1.165) is 22.0 Å². The van der Waals surface area contributed by atoms with Crippen LogP contribution in [-0.2, 0) is 0 Å². The number of para-hydroxylation sites is 1. The Hall–Kier alpha value is -1.97. The molecule has 0 aliphatic rings. The summed E-state index contributed by atoms with van der Waals surface area (Å²) in [5, 5.41) is 4.86. The molecule has 3 nitrogen and oxygen atoms in total. The molecule has 112 valence electrons. The zero-order valence-corrected chi connectivity index (χ0v) is 13.6. The highest BCUT2D eigenvalue weighted by atomic mass is 35.5. The number of hydrogen-bond donors (Lipinski definition) is 2. The molecular formula is C17H14Cl2N2O. The number of benzene rings is 2. The number of anilines is 1. The summed E-state index contributed by atoms with van der Waals surface area (Å²) in [6.07, 6.45) is 0. The molecule has 1 heterocycles. The number of aromatic nitrogens is 1. The monoisotopic (exact) mass is 332 g/mol. The molecule has 0 saturated heterocycles. The molecule has 2 aromatic carbocycles. The number of carbonyl (C=O) groups is 1. The fraction of sp³-hybridized carbons (Fsp3) is 0.118. The molecule has 0 radical (unpaired) electrons. The molecule has 22 heavy (non-hydrogen) atoms. The van der Waals surface area contributed by atoms with E-state index in [4.69, 9.17) is 23.2 Å². The van der Waals surface area contributed by atoms with Gasteiger partial charge in [0.25, 0.3) is 5.91 Å². The smallest absolute Gasteiger partial charge is 0.272 e. The van der Waals surface area contributed by atoms with Crippen LogP contribution in [0, 0.1) is 13.8 Å². The number of nitrogens with one attached hydrogen (secondary N) is 2. The van der Waals surface area contributed by atoms with E-state index >= 15 is 0 Å². The van der Waals surface area contributed by atoms with Crippen LogP contribution < -0.4 is 5.32 Å². The van der Waals surface area contributed by atoms with Crippen molar-refractivity contribution in [3.8, 4) is 0 Å². The molecule has 0 unspecified atom stereocenters. The number of H-pyrrole nitrogens is 1. The number of hydrogen-bond acceptors (Lipinski definition) is 1. The van der Waals surface area contributed by atoms with Crippen LogP contribution in [0.1, 0.15) is 21.6 Å². The number of amides is 1. The van der Waals surface area contributed by atoms with Crippen LogP contribution in [-0.4, -0.2) is 10.9 Å². The quantitative estimate of drug-likeness (QED) is 0.653. The Morgan fingerprint density at radius 1 is 1.09 bits per heavy atom. The molecule has 5 heteroatoms. The number of fused-ring (bicyclic) bond motifs is 1. The topological polar surface area (TPSA) is 44.9 Å². The Balaban J connectivity index is 1.95. The second-order valence-corrected chi connectivity index (χ2v) is 6.09. The minimum Gasteiger partial charge on any atom is -0.349 e. The first kappa shape index (κ1) is 14.9. The van der Waals surface area contributed by atoms with Gasteiger partial charge in [-0.3, -0.25) is 4.79 Å². The van der Waals surface area contributed by atoms with E-state index in [-0.39, 0.29) is 5.91 Å². The van der Waals surface area contributed by atoms with Crippen molar-refractivity contribution in [2.45, 2.75) is 13.8 Å². The summed E-state index contributed by atoms with van der Waals surface area (Å²) >= 11 is 12.3. The van der Waals surface area contributed by atoms with Gasteiger partial charge >= 0.3 is 0 Å². The number of aromatic amines is 1.